The Bertz CT molecular complexity index is 1110. The molecule has 1 unspecified atom stereocenters. The van der Waals surface area contributed by atoms with Crippen LogP contribution < -0.4 is 11.1 Å². The van der Waals surface area contributed by atoms with Crippen molar-refractivity contribution in [1.29, 1.82) is 0 Å². The van der Waals surface area contributed by atoms with Crippen molar-refractivity contribution in [2.75, 3.05) is 37.2 Å². The van der Waals surface area contributed by atoms with Gasteiger partial charge in [0.05, 0.1) is 17.6 Å². The first-order valence-electron chi connectivity index (χ1n) is 10.3. The molecule has 0 aliphatic carbocycles. The summed E-state index contributed by atoms with van der Waals surface area (Å²) in [4.78, 5) is 17.0. The lowest BCUT2D eigenvalue weighted by Gasteiger charge is -2.16. The first kappa shape index (κ1) is 19.0. The van der Waals surface area contributed by atoms with Gasteiger partial charge in [0, 0.05) is 42.8 Å². The number of aromatic nitrogens is 4. The van der Waals surface area contributed by atoms with Crippen LogP contribution >= 0.6 is 11.3 Å². The fourth-order valence-electron chi connectivity index (χ4n) is 4.25. The van der Waals surface area contributed by atoms with Crippen LogP contribution in [-0.2, 0) is 6.54 Å². The number of para-hydroxylation sites is 1. The molecular weight excluding hydrogens is 394 g/mol. The van der Waals surface area contributed by atoms with Gasteiger partial charge >= 0.3 is 0 Å². The second kappa shape index (κ2) is 8.41. The summed E-state index contributed by atoms with van der Waals surface area (Å²) in [5, 5.41) is 5.39. The molecule has 1 atom stereocenters. The van der Waals surface area contributed by atoms with Crippen LogP contribution in [0.5, 0.6) is 0 Å². The second-order valence-electron chi connectivity index (χ2n) is 7.64. The Labute approximate surface area is 179 Å². The number of imidazole rings is 1. The van der Waals surface area contributed by atoms with E-state index in [1.165, 1.54) is 10.4 Å². The highest BCUT2D eigenvalue weighted by Crippen LogP contribution is 2.33. The molecule has 0 bridgehead atoms. The van der Waals surface area contributed by atoms with Crippen LogP contribution in [0.25, 0.3) is 11.0 Å². The molecule has 3 aromatic heterocycles. The third kappa shape index (κ3) is 3.88. The van der Waals surface area contributed by atoms with Crippen LogP contribution in [-0.4, -0.2) is 50.6 Å². The molecule has 30 heavy (non-hydrogen) atoms. The van der Waals surface area contributed by atoms with E-state index in [2.05, 4.69) is 60.5 Å². The number of hydrogen-bond acceptors (Lipinski definition) is 7. The van der Waals surface area contributed by atoms with Crippen LogP contribution in [0, 0.1) is 0 Å². The molecule has 5 rings (SSSR count). The standard InChI is InChI=1S/C22H25N7S/c23-21-27-20-18(5-1-6-19(20)29(21)15-17-4-2-13-30-17)16-7-11-28(14-16)12-10-26-22-24-8-3-9-25-22/h1-6,8-9,13,16H,7,10-12,14-15H2,(H2,23,27)(H,24,25,26). The van der Waals surface area contributed by atoms with Crippen LogP contribution in [0.2, 0.25) is 0 Å². The first-order valence-corrected chi connectivity index (χ1v) is 11.2. The quantitative estimate of drug-likeness (QED) is 0.477. The molecule has 8 heteroatoms. The van der Waals surface area contributed by atoms with Crippen molar-refractivity contribution in [3.8, 4) is 0 Å². The van der Waals surface area contributed by atoms with Gasteiger partial charge in [-0.05, 0) is 42.1 Å². The van der Waals surface area contributed by atoms with Crippen LogP contribution in [0.15, 0.2) is 54.2 Å². The number of rotatable bonds is 7. The summed E-state index contributed by atoms with van der Waals surface area (Å²) in [7, 11) is 0. The van der Waals surface area contributed by atoms with Crippen molar-refractivity contribution in [2.45, 2.75) is 18.9 Å². The SMILES string of the molecule is Nc1nc2c(C3CCN(CCNc4ncccn4)C3)cccc2n1Cc1cccs1. The zero-order valence-corrected chi connectivity index (χ0v) is 17.6. The predicted molar refractivity (Wildman–Crippen MR) is 122 cm³/mol. The maximum absolute atomic E-state index is 6.31. The third-order valence-electron chi connectivity index (χ3n) is 5.72. The topological polar surface area (TPSA) is 84.9 Å². The number of anilines is 2. The Hall–Kier alpha value is -2.97. The molecular formula is C22H25N7S. The molecule has 0 spiro atoms. The molecule has 1 saturated heterocycles. The fourth-order valence-corrected chi connectivity index (χ4v) is 4.94. The van der Waals surface area contributed by atoms with Crippen molar-refractivity contribution in [3.63, 3.8) is 0 Å². The number of nitrogen functional groups attached to an aromatic ring is 1. The van der Waals surface area contributed by atoms with Gasteiger partial charge in [0.15, 0.2) is 0 Å². The van der Waals surface area contributed by atoms with Gasteiger partial charge in [0.1, 0.15) is 0 Å². The Morgan fingerprint density at radius 3 is 2.87 bits per heavy atom. The Morgan fingerprint density at radius 2 is 2.03 bits per heavy atom. The average Bonchev–Trinajstić information content (AvgIpc) is 3.51. The highest BCUT2D eigenvalue weighted by molar-refractivity contribution is 7.09. The highest BCUT2D eigenvalue weighted by atomic mass is 32.1. The van der Waals surface area contributed by atoms with Gasteiger partial charge in [0.2, 0.25) is 11.9 Å². The van der Waals surface area contributed by atoms with E-state index in [1.54, 1.807) is 23.7 Å². The minimum Gasteiger partial charge on any atom is -0.369 e. The average molecular weight is 420 g/mol. The molecule has 154 valence electrons. The monoisotopic (exact) mass is 419 g/mol. The Morgan fingerprint density at radius 1 is 1.13 bits per heavy atom. The molecule has 1 aromatic carbocycles. The molecule has 0 saturated carbocycles. The molecule has 0 amide bonds. The maximum Gasteiger partial charge on any atom is 0.222 e. The summed E-state index contributed by atoms with van der Waals surface area (Å²) in [6.45, 7) is 4.70. The van der Waals surface area contributed by atoms with Crippen molar-refractivity contribution in [1.82, 2.24) is 24.4 Å². The van der Waals surface area contributed by atoms with Crippen LogP contribution in [0.4, 0.5) is 11.9 Å². The minimum absolute atomic E-state index is 0.478. The number of fused-ring (bicyclic) bond motifs is 1. The Balaban J connectivity index is 1.28. The zero-order valence-electron chi connectivity index (χ0n) is 16.7. The number of benzene rings is 1. The number of likely N-dealkylation sites (tertiary alicyclic amines) is 1. The summed E-state index contributed by atoms with van der Waals surface area (Å²) >= 11 is 1.75. The van der Waals surface area contributed by atoms with Crippen molar-refractivity contribution in [2.24, 2.45) is 0 Å². The Kier molecular flexibility index (Phi) is 5.33. The lowest BCUT2D eigenvalue weighted by Crippen LogP contribution is -2.27. The summed E-state index contributed by atoms with van der Waals surface area (Å²) in [5.41, 5.74) is 9.80. The smallest absolute Gasteiger partial charge is 0.222 e. The number of hydrogen-bond donors (Lipinski definition) is 2. The van der Waals surface area contributed by atoms with Crippen molar-refractivity contribution in [3.05, 3.63) is 64.6 Å². The number of thiophene rings is 1. The molecule has 4 aromatic rings. The summed E-state index contributed by atoms with van der Waals surface area (Å²) in [6, 6.07) is 12.5. The number of nitrogens with two attached hydrogens (primary N) is 1. The minimum atomic E-state index is 0.478. The predicted octanol–water partition coefficient (Wildman–Crippen LogP) is 3.42. The first-order chi connectivity index (χ1) is 14.8. The van der Waals surface area contributed by atoms with E-state index in [0.717, 1.165) is 50.2 Å². The largest absolute Gasteiger partial charge is 0.369 e. The van der Waals surface area contributed by atoms with Gasteiger partial charge in [-0.1, -0.05) is 18.2 Å². The molecule has 1 aliphatic heterocycles. The van der Waals surface area contributed by atoms with E-state index in [-0.39, 0.29) is 0 Å². The van der Waals surface area contributed by atoms with E-state index >= 15 is 0 Å². The summed E-state index contributed by atoms with van der Waals surface area (Å²) < 4.78 is 2.13. The maximum atomic E-state index is 6.31. The van der Waals surface area contributed by atoms with Crippen LogP contribution in [0.1, 0.15) is 22.8 Å². The van der Waals surface area contributed by atoms with E-state index in [1.807, 2.05) is 6.07 Å². The van der Waals surface area contributed by atoms with Crippen LogP contribution in [0.3, 0.4) is 0 Å². The molecule has 7 nitrogen and oxygen atoms in total. The highest BCUT2D eigenvalue weighted by Gasteiger charge is 2.26. The molecule has 3 N–H and O–H groups in total. The molecule has 1 aliphatic rings. The van der Waals surface area contributed by atoms with Gasteiger partial charge in [-0.3, -0.25) is 0 Å². The van der Waals surface area contributed by atoms with E-state index < -0.39 is 0 Å². The van der Waals surface area contributed by atoms with Gasteiger partial charge in [-0.25, -0.2) is 15.0 Å². The summed E-state index contributed by atoms with van der Waals surface area (Å²) in [5.74, 6) is 1.75. The molecule has 1 fully saturated rings. The zero-order chi connectivity index (χ0) is 20.3. The normalized spacial score (nSPS) is 17.0. The fraction of sp³-hybridized carbons (Fsp3) is 0.318. The lowest BCUT2D eigenvalue weighted by atomic mass is 9.97. The molecule has 0 radical (unpaired) electrons. The number of nitrogens with one attached hydrogen (secondary N) is 1. The third-order valence-corrected chi connectivity index (χ3v) is 6.58. The van der Waals surface area contributed by atoms with Crippen molar-refractivity contribution < 1.29 is 0 Å². The second-order valence-corrected chi connectivity index (χ2v) is 8.67. The number of nitrogens with zero attached hydrogens (tertiary/aromatic N) is 5. The van der Waals surface area contributed by atoms with E-state index in [0.29, 0.717) is 17.8 Å². The van der Waals surface area contributed by atoms with Crippen molar-refractivity contribution >= 4 is 34.3 Å². The van der Waals surface area contributed by atoms with E-state index in [4.69, 9.17) is 10.7 Å². The van der Waals surface area contributed by atoms with Gasteiger partial charge < -0.3 is 20.5 Å². The van der Waals surface area contributed by atoms with E-state index in [9.17, 15) is 0 Å². The lowest BCUT2D eigenvalue weighted by molar-refractivity contribution is 0.348. The molecule has 4 heterocycles. The van der Waals surface area contributed by atoms with Gasteiger partial charge in [-0.15, -0.1) is 11.3 Å². The summed E-state index contributed by atoms with van der Waals surface area (Å²) in [6.07, 6.45) is 4.65. The van der Waals surface area contributed by atoms with Gasteiger partial charge in [0.25, 0.3) is 0 Å². The van der Waals surface area contributed by atoms with Gasteiger partial charge in [-0.2, -0.15) is 0 Å².